The Hall–Kier alpha value is -3.66. The van der Waals surface area contributed by atoms with E-state index in [9.17, 15) is 9.59 Å². The first-order chi connectivity index (χ1) is 17.0. The highest BCUT2D eigenvalue weighted by Crippen LogP contribution is 2.46. The molecular weight excluding hydrogens is 468 g/mol. The van der Waals surface area contributed by atoms with E-state index in [0.717, 1.165) is 0 Å². The second-order valence-electron chi connectivity index (χ2n) is 7.49. The second kappa shape index (κ2) is 10.7. The van der Waals surface area contributed by atoms with Crippen molar-refractivity contribution in [1.29, 1.82) is 0 Å². The Kier molecular flexibility index (Phi) is 7.50. The Labute approximate surface area is 207 Å². The molecule has 2 aromatic carbocycles. The maximum atomic E-state index is 13.4. The van der Waals surface area contributed by atoms with E-state index < -0.39 is 12.2 Å². The average Bonchev–Trinajstić information content (AvgIpc) is 3.03. The zero-order valence-corrected chi connectivity index (χ0v) is 20.8. The Morgan fingerprint density at radius 3 is 2.57 bits per heavy atom. The van der Waals surface area contributed by atoms with E-state index >= 15 is 0 Å². The van der Waals surface area contributed by atoms with Crippen LogP contribution in [0, 0.1) is 0 Å². The van der Waals surface area contributed by atoms with Crippen LogP contribution in [0.25, 0.3) is 11.3 Å². The molecule has 0 N–H and O–H groups in total. The summed E-state index contributed by atoms with van der Waals surface area (Å²) in [6.45, 7) is 5.69. The third-order valence-corrected chi connectivity index (χ3v) is 5.88. The van der Waals surface area contributed by atoms with Gasteiger partial charge in [-0.05, 0) is 31.4 Å². The van der Waals surface area contributed by atoms with Gasteiger partial charge in [-0.25, -0.2) is 0 Å². The molecule has 1 aromatic heterocycles. The fraction of sp³-hybridized carbons (Fsp3) is 0.320. The number of amides is 1. The molecule has 0 saturated heterocycles. The third-order valence-electron chi connectivity index (χ3n) is 5.35. The number of hydrogen-bond donors (Lipinski definition) is 0. The standard InChI is InChI=1S/C25H26N4O5S/c1-5-19(30)29-17-13-9-8-11-15(17)21-23(26-25(35-4)28-27-21)34-24(29)16-12-10-14-18(32-7-3)22(16)33-20(31)6-2/h8-14,24H,5-7H2,1-4H3/t24-/m1/s1. The molecule has 0 spiro atoms. The molecule has 3 aromatic rings. The number of para-hydroxylation sites is 2. The summed E-state index contributed by atoms with van der Waals surface area (Å²) < 4.78 is 17.9. The summed E-state index contributed by atoms with van der Waals surface area (Å²) in [4.78, 5) is 31.8. The zero-order chi connectivity index (χ0) is 24.9. The SMILES string of the molecule is CCOc1cccc([C@H]2Oc3nc(SC)nnc3-c3ccccc3N2C(=O)CC)c1OC(=O)CC. The van der Waals surface area contributed by atoms with Gasteiger partial charge in [-0.15, -0.1) is 10.2 Å². The number of carbonyl (C=O) groups excluding carboxylic acids is 2. The summed E-state index contributed by atoms with van der Waals surface area (Å²) in [5.41, 5.74) is 2.12. The van der Waals surface area contributed by atoms with Crippen LogP contribution >= 0.6 is 11.8 Å². The predicted molar refractivity (Wildman–Crippen MR) is 132 cm³/mol. The number of carbonyl (C=O) groups is 2. The molecule has 2 heterocycles. The van der Waals surface area contributed by atoms with Gasteiger partial charge in [-0.1, -0.05) is 49.9 Å². The van der Waals surface area contributed by atoms with Crippen LogP contribution in [-0.4, -0.2) is 39.9 Å². The molecular formula is C25H26N4O5S. The van der Waals surface area contributed by atoms with Gasteiger partial charge in [0.25, 0.3) is 0 Å². The molecule has 0 aliphatic carbocycles. The topological polar surface area (TPSA) is 104 Å². The maximum absolute atomic E-state index is 13.4. The van der Waals surface area contributed by atoms with Crippen LogP contribution in [0.3, 0.4) is 0 Å². The molecule has 1 aliphatic heterocycles. The van der Waals surface area contributed by atoms with Crippen LogP contribution < -0.4 is 19.1 Å². The van der Waals surface area contributed by atoms with Crippen LogP contribution in [-0.2, 0) is 9.59 Å². The summed E-state index contributed by atoms with van der Waals surface area (Å²) in [6, 6.07) is 12.6. The fourth-order valence-corrected chi connectivity index (χ4v) is 4.03. The molecule has 1 aliphatic rings. The highest BCUT2D eigenvalue weighted by Gasteiger charge is 2.37. The number of esters is 1. The Bertz CT molecular complexity index is 1250. The highest BCUT2D eigenvalue weighted by atomic mass is 32.2. The molecule has 1 atom stereocenters. The van der Waals surface area contributed by atoms with E-state index in [1.165, 1.54) is 11.8 Å². The van der Waals surface area contributed by atoms with Gasteiger partial charge in [0.15, 0.2) is 17.2 Å². The van der Waals surface area contributed by atoms with Gasteiger partial charge in [-0.3, -0.25) is 14.5 Å². The summed E-state index contributed by atoms with van der Waals surface area (Å²) in [7, 11) is 0. The van der Waals surface area contributed by atoms with Crippen molar-refractivity contribution in [2.24, 2.45) is 0 Å². The largest absolute Gasteiger partial charge is 0.490 e. The lowest BCUT2D eigenvalue weighted by Gasteiger charge is -2.31. The van der Waals surface area contributed by atoms with Crippen molar-refractivity contribution in [3.8, 4) is 28.6 Å². The molecule has 0 unspecified atom stereocenters. The number of fused-ring (bicyclic) bond motifs is 3. The van der Waals surface area contributed by atoms with Gasteiger partial charge < -0.3 is 14.2 Å². The second-order valence-corrected chi connectivity index (χ2v) is 8.27. The molecule has 35 heavy (non-hydrogen) atoms. The van der Waals surface area contributed by atoms with Gasteiger partial charge in [0.2, 0.25) is 23.2 Å². The van der Waals surface area contributed by atoms with Crippen molar-refractivity contribution in [2.45, 2.75) is 45.0 Å². The van der Waals surface area contributed by atoms with E-state index in [0.29, 0.717) is 40.0 Å². The number of ether oxygens (including phenoxy) is 3. The van der Waals surface area contributed by atoms with Crippen molar-refractivity contribution in [3.05, 3.63) is 48.0 Å². The van der Waals surface area contributed by atoms with Gasteiger partial charge in [0, 0.05) is 18.4 Å². The van der Waals surface area contributed by atoms with E-state index in [1.54, 1.807) is 36.9 Å². The van der Waals surface area contributed by atoms with Crippen molar-refractivity contribution in [2.75, 3.05) is 17.8 Å². The molecule has 182 valence electrons. The Balaban J connectivity index is 1.99. The minimum Gasteiger partial charge on any atom is -0.490 e. The van der Waals surface area contributed by atoms with Crippen molar-refractivity contribution < 1.29 is 23.8 Å². The summed E-state index contributed by atoms with van der Waals surface area (Å²) in [6.07, 6.45) is 1.22. The van der Waals surface area contributed by atoms with E-state index in [4.69, 9.17) is 14.2 Å². The van der Waals surface area contributed by atoms with E-state index in [-0.39, 0.29) is 30.4 Å². The predicted octanol–water partition coefficient (Wildman–Crippen LogP) is 4.81. The van der Waals surface area contributed by atoms with Gasteiger partial charge in [-0.2, -0.15) is 4.98 Å². The molecule has 0 radical (unpaired) electrons. The molecule has 9 nitrogen and oxygen atoms in total. The minimum atomic E-state index is -1.00. The number of thioether (sulfide) groups is 1. The molecule has 4 rings (SSSR count). The number of hydrogen-bond acceptors (Lipinski definition) is 9. The first-order valence-electron chi connectivity index (χ1n) is 11.3. The Morgan fingerprint density at radius 1 is 1.06 bits per heavy atom. The maximum Gasteiger partial charge on any atom is 0.311 e. The molecule has 0 saturated carbocycles. The lowest BCUT2D eigenvalue weighted by molar-refractivity contribution is -0.134. The van der Waals surface area contributed by atoms with Crippen LogP contribution in [0.1, 0.15) is 45.4 Å². The smallest absolute Gasteiger partial charge is 0.311 e. The number of benzene rings is 2. The van der Waals surface area contributed by atoms with Crippen molar-refractivity contribution in [3.63, 3.8) is 0 Å². The summed E-state index contributed by atoms with van der Waals surface area (Å²) >= 11 is 1.33. The third kappa shape index (κ3) is 4.79. The van der Waals surface area contributed by atoms with Gasteiger partial charge in [0.05, 0.1) is 17.9 Å². The molecule has 10 heteroatoms. The van der Waals surface area contributed by atoms with Crippen molar-refractivity contribution >= 4 is 29.3 Å². The number of nitrogens with zero attached hydrogens (tertiary/aromatic N) is 4. The zero-order valence-electron chi connectivity index (χ0n) is 20.0. The van der Waals surface area contributed by atoms with E-state index in [1.807, 2.05) is 37.4 Å². The number of anilines is 1. The quantitative estimate of drug-likeness (QED) is 0.260. The fourth-order valence-electron chi connectivity index (χ4n) is 3.73. The molecule has 1 amide bonds. The summed E-state index contributed by atoms with van der Waals surface area (Å²) in [5.74, 6) is 0.177. The Morgan fingerprint density at radius 2 is 1.86 bits per heavy atom. The van der Waals surface area contributed by atoms with E-state index in [2.05, 4.69) is 15.2 Å². The van der Waals surface area contributed by atoms with Crippen LogP contribution in [0.15, 0.2) is 47.6 Å². The lowest BCUT2D eigenvalue weighted by Crippen LogP contribution is -2.37. The average molecular weight is 495 g/mol. The summed E-state index contributed by atoms with van der Waals surface area (Å²) in [5, 5.41) is 8.97. The lowest BCUT2D eigenvalue weighted by atomic mass is 10.1. The number of aromatic nitrogens is 3. The minimum absolute atomic E-state index is 0.170. The van der Waals surface area contributed by atoms with Gasteiger partial charge >= 0.3 is 5.97 Å². The number of rotatable bonds is 7. The van der Waals surface area contributed by atoms with Crippen LogP contribution in [0.5, 0.6) is 17.4 Å². The first-order valence-corrected chi connectivity index (χ1v) is 12.6. The highest BCUT2D eigenvalue weighted by molar-refractivity contribution is 7.98. The molecule has 0 bridgehead atoms. The van der Waals surface area contributed by atoms with Gasteiger partial charge in [0.1, 0.15) is 0 Å². The van der Waals surface area contributed by atoms with Crippen molar-refractivity contribution in [1.82, 2.24) is 15.2 Å². The molecule has 0 fully saturated rings. The van der Waals surface area contributed by atoms with Crippen LogP contribution in [0.4, 0.5) is 5.69 Å². The monoisotopic (exact) mass is 494 g/mol. The normalized spacial score (nSPS) is 14.3. The van der Waals surface area contributed by atoms with Crippen LogP contribution in [0.2, 0.25) is 0 Å². The first kappa shape index (κ1) is 24.5.